The summed E-state index contributed by atoms with van der Waals surface area (Å²) in [6.45, 7) is 4.48. The molecule has 6 heteroatoms. The van der Waals surface area contributed by atoms with Crippen LogP contribution in [0.4, 0.5) is 0 Å². The first-order valence-electron chi connectivity index (χ1n) is 12.0. The topological polar surface area (TPSA) is 41.8 Å². The minimum absolute atomic E-state index is 0.258. The van der Waals surface area contributed by atoms with E-state index in [0.717, 1.165) is 41.2 Å². The monoisotopic (exact) mass is 587 g/mol. The summed E-state index contributed by atoms with van der Waals surface area (Å²) >= 11 is -0.826. The number of ether oxygens (including phenoxy) is 1. The van der Waals surface area contributed by atoms with Crippen molar-refractivity contribution < 1.29 is 30.7 Å². The number of hydrogen-bond acceptors (Lipinski definition) is 3. The number of nitrogens with zero attached hydrogens (tertiary/aromatic N) is 1. The summed E-state index contributed by atoms with van der Waals surface area (Å²) in [7, 11) is 11.5. The van der Waals surface area contributed by atoms with E-state index >= 15 is 0 Å². The zero-order valence-corrected chi connectivity index (χ0v) is 24.5. The second-order valence-corrected chi connectivity index (χ2v) is 13.0. The SMILES string of the molecule is COc1cc(C=NC2CCC(C)CC2)c(O)c(C(C)(c2ccccc2)c2ccccc2)c1.[Cl][Zr][Cl]. The Labute approximate surface area is 228 Å². The summed E-state index contributed by atoms with van der Waals surface area (Å²) in [5, 5.41) is 11.5. The summed E-state index contributed by atoms with van der Waals surface area (Å²) < 4.78 is 5.65. The first-order chi connectivity index (χ1) is 16.9. The molecule has 0 spiro atoms. The minimum atomic E-state index is -0.826. The van der Waals surface area contributed by atoms with Gasteiger partial charge in [-0.05, 0) is 61.8 Å². The molecule has 35 heavy (non-hydrogen) atoms. The number of phenolic OH excluding ortho intramolecular Hbond substituents is 1. The van der Waals surface area contributed by atoms with Crippen molar-refractivity contribution in [3.8, 4) is 11.5 Å². The maximum atomic E-state index is 11.5. The van der Waals surface area contributed by atoms with Gasteiger partial charge < -0.3 is 9.84 Å². The number of phenols is 1. The summed E-state index contributed by atoms with van der Waals surface area (Å²) in [5.74, 6) is 1.76. The molecule has 1 N–H and O–H groups in total. The molecule has 184 valence electrons. The Morgan fingerprint density at radius 2 is 1.46 bits per heavy atom. The van der Waals surface area contributed by atoms with Crippen molar-refractivity contribution in [2.24, 2.45) is 10.9 Å². The number of hydrogen-bond donors (Lipinski definition) is 1. The van der Waals surface area contributed by atoms with Crippen LogP contribution in [-0.4, -0.2) is 24.5 Å². The third kappa shape index (κ3) is 7.00. The number of methoxy groups -OCH3 is 1. The van der Waals surface area contributed by atoms with Crippen molar-refractivity contribution in [1.82, 2.24) is 0 Å². The molecular formula is C29H33Cl2NO2Zr. The van der Waals surface area contributed by atoms with E-state index in [2.05, 4.69) is 38.1 Å². The molecule has 1 aliphatic carbocycles. The number of benzene rings is 3. The fraction of sp³-hybridized carbons (Fsp3) is 0.345. The third-order valence-corrected chi connectivity index (χ3v) is 7.00. The zero-order chi connectivity index (χ0) is 25.3. The predicted molar refractivity (Wildman–Crippen MR) is 144 cm³/mol. The van der Waals surface area contributed by atoms with Gasteiger partial charge in [0.05, 0.1) is 7.11 Å². The fourth-order valence-electron chi connectivity index (χ4n) is 4.82. The van der Waals surface area contributed by atoms with Crippen LogP contribution in [0.25, 0.3) is 0 Å². The van der Waals surface area contributed by atoms with Crippen LogP contribution in [0, 0.1) is 5.92 Å². The van der Waals surface area contributed by atoms with E-state index in [1.165, 1.54) is 12.8 Å². The molecule has 0 aromatic heterocycles. The number of aliphatic imine (C=N–C) groups is 1. The molecule has 0 aliphatic heterocycles. The Morgan fingerprint density at radius 3 is 1.94 bits per heavy atom. The van der Waals surface area contributed by atoms with Crippen molar-refractivity contribution >= 4 is 23.2 Å². The average molecular weight is 590 g/mol. The van der Waals surface area contributed by atoms with Crippen LogP contribution in [0.5, 0.6) is 11.5 Å². The van der Waals surface area contributed by atoms with Crippen molar-refractivity contribution in [3.63, 3.8) is 0 Å². The van der Waals surface area contributed by atoms with Gasteiger partial charge in [-0.25, -0.2) is 0 Å². The third-order valence-electron chi connectivity index (χ3n) is 7.00. The first-order valence-corrected chi connectivity index (χ1v) is 18.3. The molecule has 4 rings (SSSR count). The van der Waals surface area contributed by atoms with Crippen LogP contribution in [0.15, 0.2) is 77.8 Å². The van der Waals surface area contributed by atoms with Crippen LogP contribution in [0.3, 0.4) is 0 Å². The molecular weight excluding hydrogens is 556 g/mol. The molecule has 1 saturated carbocycles. The van der Waals surface area contributed by atoms with Gasteiger partial charge in [-0.1, -0.05) is 67.6 Å². The van der Waals surface area contributed by atoms with Gasteiger partial charge in [-0.3, -0.25) is 4.99 Å². The summed E-state index contributed by atoms with van der Waals surface area (Å²) in [5.41, 5.74) is 3.19. The second-order valence-electron chi connectivity index (χ2n) is 9.23. The van der Waals surface area contributed by atoms with E-state index < -0.39 is 26.3 Å². The average Bonchev–Trinajstić information content (AvgIpc) is 2.90. The standard InChI is InChI=1S/C29H33NO2.2ClH.Zr/c1-21-14-16-25(17-15-21)30-20-22-18-26(32-3)19-27(28(22)31)29(2,23-10-6-4-7-11-23)24-12-8-5-9-13-24;;;/h4-13,18-21,25,31H,14-17H2,1-3H3;2*1H;/q;;;+2/p-2. The van der Waals surface area contributed by atoms with Gasteiger partial charge >= 0.3 is 37.9 Å². The van der Waals surface area contributed by atoms with Gasteiger partial charge in [0.15, 0.2) is 0 Å². The van der Waals surface area contributed by atoms with Gasteiger partial charge in [-0.15, -0.1) is 0 Å². The molecule has 0 saturated heterocycles. The van der Waals surface area contributed by atoms with E-state index in [9.17, 15) is 5.11 Å². The molecule has 0 heterocycles. The summed E-state index contributed by atoms with van der Waals surface area (Å²) in [6.07, 6.45) is 6.51. The Kier molecular flexibility index (Phi) is 10.9. The first kappa shape index (κ1) is 28.0. The van der Waals surface area contributed by atoms with E-state index in [4.69, 9.17) is 26.8 Å². The fourth-order valence-corrected chi connectivity index (χ4v) is 4.82. The number of halogens is 2. The molecule has 0 atom stereocenters. The van der Waals surface area contributed by atoms with Crippen LogP contribution < -0.4 is 4.74 Å². The molecule has 3 aromatic carbocycles. The van der Waals surface area contributed by atoms with E-state index in [0.29, 0.717) is 11.6 Å². The van der Waals surface area contributed by atoms with Crippen LogP contribution in [-0.2, 0) is 26.3 Å². The van der Waals surface area contributed by atoms with Gasteiger partial charge in [0, 0.05) is 28.8 Å². The molecule has 0 amide bonds. The molecule has 1 aliphatic rings. The molecule has 0 unspecified atom stereocenters. The van der Waals surface area contributed by atoms with Gasteiger partial charge in [-0.2, -0.15) is 0 Å². The van der Waals surface area contributed by atoms with Crippen LogP contribution in [0.2, 0.25) is 0 Å². The van der Waals surface area contributed by atoms with E-state index in [1.807, 2.05) is 54.7 Å². The maximum absolute atomic E-state index is 11.5. The van der Waals surface area contributed by atoms with Crippen molar-refractivity contribution in [1.29, 1.82) is 0 Å². The second kappa shape index (κ2) is 13.6. The molecule has 0 bridgehead atoms. The number of rotatable bonds is 6. The summed E-state index contributed by atoms with van der Waals surface area (Å²) in [4.78, 5) is 4.85. The Hall–Kier alpha value is -1.61. The van der Waals surface area contributed by atoms with Gasteiger partial charge in [0.2, 0.25) is 0 Å². The number of aromatic hydroxyl groups is 1. The van der Waals surface area contributed by atoms with Crippen LogP contribution >= 0.6 is 17.0 Å². The molecule has 0 radical (unpaired) electrons. The predicted octanol–water partition coefficient (Wildman–Crippen LogP) is 8.13. The normalized spacial score (nSPS) is 18.0. The van der Waals surface area contributed by atoms with Gasteiger partial charge in [0.1, 0.15) is 11.5 Å². The van der Waals surface area contributed by atoms with E-state index in [-0.39, 0.29) is 5.75 Å². The zero-order valence-electron chi connectivity index (χ0n) is 20.5. The quantitative estimate of drug-likeness (QED) is 0.233. The Morgan fingerprint density at radius 1 is 0.943 bits per heavy atom. The molecule has 3 nitrogen and oxygen atoms in total. The van der Waals surface area contributed by atoms with Crippen molar-refractivity contribution in [2.45, 2.75) is 51.0 Å². The Balaban J connectivity index is 0.00000108. The summed E-state index contributed by atoms with van der Waals surface area (Å²) in [6, 6.07) is 24.8. The van der Waals surface area contributed by atoms with Crippen LogP contribution in [0.1, 0.15) is 61.8 Å². The molecule has 1 fully saturated rings. The van der Waals surface area contributed by atoms with Gasteiger partial charge in [0.25, 0.3) is 0 Å². The van der Waals surface area contributed by atoms with E-state index in [1.54, 1.807) is 7.11 Å². The molecule has 3 aromatic rings. The van der Waals surface area contributed by atoms with Crippen molar-refractivity contribution in [2.75, 3.05) is 7.11 Å². The Bertz CT molecular complexity index is 1050. The van der Waals surface area contributed by atoms with Crippen molar-refractivity contribution in [3.05, 3.63) is 95.1 Å².